The third-order valence-corrected chi connectivity index (χ3v) is 3.15. The summed E-state index contributed by atoms with van der Waals surface area (Å²) in [4.78, 5) is 0. The van der Waals surface area contributed by atoms with E-state index in [2.05, 4.69) is 38.5 Å². The average molecular weight is 361 g/mol. The van der Waals surface area contributed by atoms with E-state index in [1.54, 1.807) is 12.1 Å². The first kappa shape index (κ1) is 10.5. The van der Waals surface area contributed by atoms with Crippen LogP contribution in [0.3, 0.4) is 0 Å². The Morgan fingerprint density at radius 2 is 1.83 bits per heavy atom. The highest BCUT2D eigenvalue weighted by Crippen LogP contribution is 2.30. The molecule has 0 radical (unpaired) electrons. The van der Waals surface area contributed by atoms with Crippen molar-refractivity contribution in [2.45, 2.75) is 0 Å². The van der Waals surface area contributed by atoms with Crippen molar-refractivity contribution in [2.24, 2.45) is 0 Å². The Morgan fingerprint density at radius 3 is 2.25 bits per heavy atom. The van der Waals surface area contributed by atoms with Crippen LogP contribution in [0.1, 0.15) is 5.56 Å². The van der Waals surface area contributed by atoms with Crippen molar-refractivity contribution in [3.63, 3.8) is 0 Å². The summed E-state index contributed by atoms with van der Waals surface area (Å²) >= 11 is 11.2. The SMILES string of the molecule is Fc1ccc(/C(Cl)=C(/Br)I)cc1. The Bertz CT molecular complexity index is 303. The van der Waals surface area contributed by atoms with E-state index < -0.39 is 0 Å². The van der Waals surface area contributed by atoms with Gasteiger partial charge in [-0.05, 0) is 56.2 Å². The molecule has 0 aliphatic carbocycles. The van der Waals surface area contributed by atoms with Crippen molar-refractivity contribution in [1.82, 2.24) is 0 Å². The second kappa shape index (κ2) is 4.58. The van der Waals surface area contributed by atoms with Gasteiger partial charge in [0, 0.05) is 0 Å². The molecule has 4 heteroatoms. The molecule has 0 saturated heterocycles. The predicted molar refractivity (Wildman–Crippen MR) is 62.1 cm³/mol. The first-order valence-corrected chi connectivity index (χ1v) is 5.33. The molecular formula is C8H4BrClFI. The zero-order valence-corrected chi connectivity index (χ0v) is 10.3. The molecule has 0 heterocycles. The molecule has 1 rings (SSSR count). The molecule has 64 valence electrons. The van der Waals surface area contributed by atoms with Gasteiger partial charge in [0.15, 0.2) is 0 Å². The number of hydrogen-bond acceptors (Lipinski definition) is 0. The molecule has 0 fully saturated rings. The maximum absolute atomic E-state index is 12.5. The minimum absolute atomic E-state index is 0.257. The number of benzene rings is 1. The van der Waals surface area contributed by atoms with Crippen LogP contribution < -0.4 is 0 Å². The molecule has 1 aromatic carbocycles. The standard InChI is InChI=1S/C8H4BrClFI/c9-8(12)7(10)5-1-3-6(11)4-2-5/h1-4H/b8-7+. The first-order valence-electron chi connectivity index (χ1n) is 3.08. The van der Waals surface area contributed by atoms with Gasteiger partial charge in [0.05, 0.1) is 7.52 Å². The molecule has 0 unspecified atom stereocenters. The summed E-state index contributed by atoms with van der Waals surface area (Å²) in [5.41, 5.74) is 0.805. The molecule has 0 aliphatic heterocycles. The van der Waals surface area contributed by atoms with Crippen molar-refractivity contribution in [1.29, 1.82) is 0 Å². The molecule has 0 saturated carbocycles. The van der Waals surface area contributed by atoms with Gasteiger partial charge in [0.25, 0.3) is 0 Å². The summed E-state index contributed by atoms with van der Waals surface area (Å²) in [5, 5.41) is 0.593. The quantitative estimate of drug-likeness (QED) is 0.645. The van der Waals surface area contributed by atoms with Gasteiger partial charge in [0.2, 0.25) is 0 Å². The molecule has 0 aliphatic rings. The lowest BCUT2D eigenvalue weighted by Gasteiger charge is -1.98. The fourth-order valence-corrected chi connectivity index (χ4v) is 1.37. The smallest absolute Gasteiger partial charge is 0.123 e. The maximum atomic E-state index is 12.5. The van der Waals surface area contributed by atoms with Gasteiger partial charge >= 0.3 is 0 Å². The highest BCUT2D eigenvalue weighted by molar-refractivity contribution is 14.1. The molecular weight excluding hydrogens is 357 g/mol. The van der Waals surface area contributed by atoms with Crippen LogP contribution in [-0.4, -0.2) is 0 Å². The van der Waals surface area contributed by atoms with Gasteiger partial charge < -0.3 is 0 Å². The first-order chi connectivity index (χ1) is 5.61. The minimum atomic E-state index is -0.257. The number of halogens is 4. The van der Waals surface area contributed by atoms with Crippen LogP contribution in [0.2, 0.25) is 0 Å². The van der Waals surface area contributed by atoms with Crippen LogP contribution in [0.25, 0.3) is 5.03 Å². The monoisotopic (exact) mass is 360 g/mol. The Kier molecular flexibility index (Phi) is 3.99. The lowest BCUT2D eigenvalue weighted by Crippen LogP contribution is -1.78. The molecule has 0 spiro atoms. The van der Waals surface area contributed by atoms with E-state index in [1.807, 2.05) is 0 Å². The van der Waals surface area contributed by atoms with Crippen LogP contribution in [0, 0.1) is 5.82 Å². The van der Waals surface area contributed by atoms with E-state index in [9.17, 15) is 4.39 Å². The molecule has 0 nitrogen and oxygen atoms in total. The van der Waals surface area contributed by atoms with E-state index in [1.165, 1.54) is 12.1 Å². The number of rotatable bonds is 1. The molecule has 1 aromatic rings. The van der Waals surface area contributed by atoms with Crippen LogP contribution in [0.4, 0.5) is 4.39 Å². The fraction of sp³-hybridized carbons (Fsp3) is 0. The van der Waals surface area contributed by atoms with E-state index in [0.717, 1.165) is 8.05 Å². The van der Waals surface area contributed by atoms with E-state index in [-0.39, 0.29) is 5.82 Å². The predicted octanol–water partition coefficient (Wildman–Crippen LogP) is 4.52. The van der Waals surface area contributed by atoms with Gasteiger partial charge in [-0.3, -0.25) is 0 Å². The van der Waals surface area contributed by atoms with Crippen molar-refractivity contribution < 1.29 is 4.39 Å². The summed E-state index contributed by atoms with van der Waals surface area (Å²) < 4.78 is 13.3. The summed E-state index contributed by atoms with van der Waals surface area (Å²) in [6.07, 6.45) is 0. The molecule has 0 bridgehead atoms. The topological polar surface area (TPSA) is 0 Å². The second-order valence-corrected chi connectivity index (χ2v) is 5.81. The highest BCUT2D eigenvalue weighted by atomic mass is 127. The maximum Gasteiger partial charge on any atom is 0.123 e. The van der Waals surface area contributed by atoms with Gasteiger partial charge in [-0.2, -0.15) is 0 Å². The van der Waals surface area contributed by atoms with E-state index in [0.29, 0.717) is 5.03 Å². The van der Waals surface area contributed by atoms with Gasteiger partial charge in [0.1, 0.15) is 5.82 Å². The summed E-state index contributed by atoms with van der Waals surface area (Å²) in [7, 11) is 0. The minimum Gasteiger partial charge on any atom is -0.207 e. The van der Waals surface area contributed by atoms with Crippen LogP contribution in [0.15, 0.2) is 26.8 Å². The lowest BCUT2D eigenvalue weighted by atomic mass is 10.2. The van der Waals surface area contributed by atoms with Crippen molar-refractivity contribution in [2.75, 3.05) is 0 Å². The van der Waals surface area contributed by atoms with Crippen LogP contribution in [0.5, 0.6) is 0 Å². The summed E-state index contributed by atoms with van der Waals surface area (Å²) in [6, 6.07) is 6.03. The second-order valence-electron chi connectivity index (χ2n) is 2.08. The zero-order chi connectivity index (χ0) is 9.14. The van der Waals surface area contributed by atoms with E-state index in [4.69, 9.17) is 11.6 Å². The normalized spacial score (nSPS) is 12.7. The molecule has 0 N–H and O–H groups in total. The number of hydrogen-bond donors (Lipinski definition) is 0. The van der Waals surface area contributed by atoms with Crippen molar-refractivity contribution in [3.05, 3.63) is 38.1 Å². The van der Waals surface area contributed by atoms with E-state index >= 15 is 0 Å². The van der Waals surface area contributed by atoms with Gasteiger partial charge in [-0.1, -0.05) is 23.7 Å². The third-order valence-electron chi connectivity index (χ3n) is 1.26. The highest BCUT2D eigenvalue weighted by Gasteiger charge is 2.01. The average Bonchev–Trinajstić information content (AvgIpc) is 2.04. The fourth-order valence-electron chi connectivity index (χ4n) is 0.705. The molecule has 0 aromatic heterocycles. The Labute approximate surface area is 97.1 Å². The molecule has 0 atom stereocenters. The van der Waals surface area contributed by atoms with Crippen molar-refractivity contribution >= 4 is 55.2 Å². The van der Waals surface area contributed by atoms with Gasteiger partial charge in [-0.15, -0.1) is 0 Å². The Hall–Kier alpha value is 0.390. The van der Waals surface area contributed by atoms with Gasteiger partial charge in [-0.25, -0.2) is 4.39 Å². The lowest BCUT2D eigenvalue weighted by molar-refractivity contribution is 0.628. The van der Waals surface area contributed by atoms with Crippen LogP contribution in [-0.2, 0) is 0 Å². The zero-order valence-electron chi connectivity index (χ0n) is 5.82. The summed E-state index contributed by atoms with van der Waals surface area (Å²) in [6.45, 7) is 0. The Balaban J connectivity index is 3.06. The summed E-state index contributed by atoms with van der Waals surface area (Å²) in [5.74, 6) is -0.257. The third kappa shape index (κ3) is 2.71. The molecule has 0 amide bonds. The molecule has 12 heavy (non-hydrogen) atoms. The Morgan fingerprint density at radius 1 is 1.33 bits per heavy atom. The van der Waals surface area contributed by atoms with Crippen LogP contribution >= 0.6 is 50.1 Å². The van der Waals surface area contributed by atoms with Crippen molar-refractivity contribution in [3.8, 4) is 0 Å². The largest absolute Gasteiger partial charge is 0.207 e.